The quantitative estimate of drug-likeness (QED) is 0.840. The van der Waals surface area contributed by atoms with E-state index in [9.17, 15) is 4.79 Å². The van der Waals surface area contributed by atoms with Crippen LogP contribution in [-0.4, -0.2) is 18.6 Å². The van der Waals surface area contributed by atoms with E-state index < -0.39 is 0 Å². The molecule has 0 aromatic heterocycles. The number of nitrogens with one attached hydrogen (secondary N) is 1. The predicted molar refractivity (Wildman–Crippen MR) is 61.8 cm³/mol. The highest BCUT2D eigenvalue weighted by Crippen LogP contribution is 2.20. The van der Waals surface area contributed by atoms with Crippen molar-refractivity contribution in [2.45, 2.75) is 26.0 Å². The summed E-state index contributed by atoms with van der Waals surface area (Å²) >= 11 is 0. The van der Waals surface area contributed by atoms with Gasteiger partial charge >= 0.3 is 0 Å². The van der Waals surface area contributed by atoms with Gasteiger partial charge in [-0.1, -0.05) is 30.3 Å². The zero-order chi connectivity index (χ0) is 11.4. The van der Waals surface area contributed by atoms with Crippen molar-refractivity contribution >= 4 is 5.91 Å². The highest BCUT2D eigenvalue weighted by atomic mass is 16.5. The van der Waals surface area contributed by atoms with E-state index in [1.54, 1.807) is 0 Å². The number of hydrogen-bond donors (Lipinski definition) is 1. The molecule has 0 spiro atoms. The van der Waals surface area contributed by atoms with Gasteiger partial charge in [-0.2, -0.15) is 0 Å². The van der Waals surface area contributed by atoms with Gasteiger partial charge in [0.25, 0.3) is 0 Å². The van der Waals surface area contributed by atoms with E-state index >= 15 is 0 Å². The largest absolute Gasteiger partial charge is 0.378 e. The summed E-state index contributed by atoms with van der Waals surface area (Å²) < 4.78 is 5.38. The number of carbonyl (C=O) groups is 1. The molecule has 3 heteroatoms. The molecule has 1 aliphatic rings. The second kappa shape index (κ2) is 5.12. The summed E-state index contributed by atoms with van der Waals surface area (Å²) in [5.41, 5.74) is 1.13. The molecule has 2 unspecified atom stereocenters. The molecule has 1 fully saturated rings. The van der Waals surface area contributed by atoms with E-state index in [0.717, 1.165) is 12.0 Å². The smallest absolute Gasteiger partial charge is 0.226 e. The molecule has 1 aromatic rings. The van der Waals surface area contributed by atoms with Crippen LogP contribution in [0.15, 0.2) is 30.3 Å². The lowest BCUT2D eigenvalue weighted by molar-refractivity contribution is -0.126. The van der Waals surface area contributed by atoms with Gasteiger partial charge in [-0.15, -0.1) is 0 Å². The molecule has 0 bridgehead atoms. The third-order valence-corrected chi connectivity index (χ3v) is 3.02. The van der Waals surface area contributed by atoms with E-state index in [0.29, 0.717) is 13.2 Å². The zero-order valence-electron chi connectivity index (χ0n) is 9.48. The average Bonchev–Trinajstić information content (AvgIpc) is 2.74. The fourth-order valence-corrected chi connectivity index (χ4v) is 1.99. The Hall–Kier alpha value is -1.35. The van der Waals surface area contributed by atoms with Gasteiger partial charge in [-0.3, -0.25) is 4.79 Å². The molecule has 2 atom stereocenters. The van der Waals surface area contributed by atoms with Crippen molar-refractivity contribution in [2.75, 3.05) is 6.61 Å². The first-order valence-corrected chi connectivity index (χ1v) is 5.70. The molecular weight excluding hydrogens is 202 g/mol. The molecule has 16 heavy (non-hydrogen) atoms. The summed E-state index contributed by atoms with van der Waals surface area (Å²) in [6, 6.07) is 9.94. The van der Waals surface area contributed by atoms with Gasteiger partial charge in [0, 0.05) is 13.2 Å². The molecular formula is C13H17NO2. The Morgan fingerprint density at radius 1 is 1.44 bits per heavy atom. The van der Waals surface area contributed by atoms with E-state index in [-0.39, 0.29) is 17.9 Å². The van der Waals surface area contributed by atoms with Crippen molar-refractivity contribution in [3.8, 4) is 0 Å². The Bertz CT molecular complexity index is 350. The SMILES string of the molecule is CC1OCCC1C(=O)NCc1ccccc1. The van der Waals surface area contributed by atoms with Crippen LogP contribution in [0.25, 0.3) is 0 Å². The molecule has 86 valence electrons. The molecule has 1 heterocycles. The zero-order valence-corrected chi connectivity index (χ0v) is 9.48. The summed E-state index contributed by atoms with van der Waals surface area (Å²) in [5, 5.41) is 2.95. The van der Waals surface area contributed by atoms with Gasteiger partial charge in [0.15, 0.2) is 0 Å². The summed E-state index contributed by atoms with van der Waals surface area (Å²) in [7, 11) is 0. The summed E-state index contributed by atoms with van der Waals surface area (Å²) in [4.78, 5) is 11.8. The molecule has 0 aliphatic carbocycles. The second-order valence-corrected chi connectivity index (χ2v) is 4.17. The minimum absolute atomic E-state index is 0.0173. The van der Waals surface area contributed by atoms with Crippen LogP contribution in [0.2, 0.25) is 0 Å². The number of amides is 1. The molecule has 2 rings (SSSR count). The molecule has 1 N–H and O–H groups in total. The maximum Gasteiger partial charge on any atom is 0.226 e. The number of carbonyl (C=O) groups excluding carboxylic acids is 1. The van der Waals surface area contributed by atoms with Crippen LogP contribution in [0.1, 0.15) is 18.9 Å². The number of ether oxygens (including phenoxy) is 1. The standard InChI is InChI=1S/C13H17NO2/c1-10-12(7-8-16-10)13(15)14-9-11-5-3-2-4-6-11/h2-6,10,12H,7-9H2,1H3,(H,14,15). The van der Waals surface area contributed by atoms with Gasteiger partial charge in [0.05, 0.1) is 12.0 Å². The van der Waals surface area contributed by atoms with Crippen molar-refractivity contribution in [3.63, 3.8) is 0 Å². The van der Waals surface area contributed by atoms with E-state index in [1.165, 1.54) is 0 Å². The minimum atomic E-state index is 0.0173. The molecule has 1 saturated heterocycles. The van der Waals surface area contributed by atoms with Gasteiger partial charge in [-0.25, -0.2) is 0 Å². The van der Waals surface area contributed by atoms with E-state index in [4.69, 9.17) is 4.74 Å². The van der Waals surface area contributed by atoms with Crippen LogP contribution < -0.4 is 5.32 Å². The van der Waals surface area contributed by atoms with Gasteiger partial charge in [0.2, 0.25) is 5.91 Å². The fraction of sp³-hybridized carbons (Fsp3) is 0.462. The van der Waals surface area contributed by atoms with E-state index in [2.05, 4.69) is 5.32 Å². The molecule has 1 aromatic carbocycles. The first-order chi connectivity index (χ1) is 7.77. The lowest BCUT2D eigenvalue weighted by Crippen LogP contribution is -2.33. The Labute approximate surface area is 95.8 Å². The van der Waals surface area contributed by atoms with Crippen molar-refractivity contribution in [3.05, 3.63) is 35.9 Å². The topological polar surface area (TPSA) is 38.3 Å². The van der Waals surface area contributed by atoms with Gasteiger partial charge in [0.1, 0.15) is 0 Å². The number of hydrogen-bond acceptors (Lipinski definition) is 2. The monoisotopic (exact) mass is 219 g/mol. The van der Waals surface area contributed by atoms with Crippen LogP contribution >= 0.6 is 0 Å². The highest BCUT2D eigenvalue weighted by molar-refractivity contribution is 5.79. The normalized spacial score (nSPS) is 24.3. The lowest BCUT2D eigenvalue weighted by atomic mass is 10.0. The molecule has 3 nitrogen and oxygen atoms in total. The number of rotatable bonds is 3. The van der Waals surface area contributed by atoms with Crippen LogP contribution in [0.5, 0.6) is 0 Å². The summed E-state index contributed by atoms with van der Waals surface area (Å²) in [5.74, 6) is 0.123. The van der Waals surface area contributed by atoms with Crippen molar-refractivity contribution in [2.24, 2.45) is 5.92 Å². The van der Waals surface area contributed by atoms with E-state index in [1.807, 2.05) is 37.3 Å². The van der Waals surface area contributed by atoms with Crippen LogP contribution in [-0.2, 0) is 16.1 Å². The highest BCUT2D eigenvalue weighted by Gasteiger charge is 2.30. The summed E-state index contributed by atoms with van der Waals surface area (Å²) in [6.07, 6.45) is 0.887. The van der Waals surface area contributed by atoms with Crippen molar-refractivity contribution in [1.82, 2.24) is 5.32 Å². The predicted octanol–water partition coefficient (Wildman–Crippen LogP) is 1.73. The lowest BCUT2D eigenvalue weighted by Gasteiger charge is -2.13. The minimum Gasteiger partial charge on any atom is -0.378 e. The Morgan fingerprint density at radius 3 is 2.81 bits per heavy atom. The first-order valence-electron chi connectivity index (χ1n) is 5.70. The second-order valence-electron chi connectivity index (χ2n) is 4.17. The molecule has 0 saturated carbocycles. The van der Waals surface area contributed by atoms with Gasteiger partial charge < -0.3 is 10.1 Å². The maximum atomic E-state index is 11.8. The molecule has 0 radical (unpaired) electrons. The third-order valence-electron chi connectivity index (χ3n) is 3.02. The van der Waals surface area contributed by atoms with Gasteiger partial charge in [-0.05, 0) is 18.9 Å². The Kier molecular flexibility index (Phi) is 3.57. The van der Waals surface area contributed by atoms with Crippen LogP contribution in [0.3, 0.4) is 0 Å². The van der Waals surface area contributed by atoms with Crippen LogP contribution in [0, 0.1) is 5.92 Å². The van der Waals surface area contributed by atoms with Crippen LogP contribution in [0.4, 0.5) is 0 Å². The fourth-order valence-electron chi connectivity index (χ4n) is 1.99. The Balaban J connectivity index is 1.84. The number of benzene rings is 1. The summed E-state index contributed by atoms with van der Waals surface area (Å²) in [6.45, 7) is 3.26. The Morgan fingerprint density at radius 2 is 2.19 bits per heavy atom. The third kappa shape index (κ3) is 2.61. The molecule has 1 aliphatic heterocycles. The molecule has 1 amide bonds. The average molecular weight is 219 g/mol. The maximum absolute atomic E-state index is 11.8. The first kappa shape index (κ1) is 11.1. The van der Waals surface area contributed by atoms with Crippen molar-refractivity contribution in [1.29, 1.82) is 0 Å². The van der Waals surface area contributed by atoms with Crippen molar-refractivity contribution < 1.29 is 9.53 Å².